The number of benzene rings is 4. The van der Waals surface area contributed by atoms with E-state index in [1.165, 1.54) is 6.21 Å². The van der Waals surface area contributed by atoms with Crippen molar-refractivity contribution in [1.29, 1.82) is 0 Å². The van der Waals surface area contributed by atoms with E-state index in [9.17, 15) is 4.79 Å². The lowest BCUT2D eigenvalue weighted by Crippen LogP contribution is -2.33. The number of carbonyl (C=O) groups is 1. The van der Waals surface area contributed by atoms with Crippen LogP contribution in [0.1, 0.15) is 18.1 Å². The highest BCUT2D eigenvalue weighted by Crippen LogP contribution is 2.28. The monoisotopic (exact) mass is 488 g/mol. The van der Waals surface area contributed by atoms with Gasteiger partial charge in [0.25, 0.3) is 5.91 Å². The summed E-state index contributed by atoms with van der Waals surface area (Å²) in [6, 6.07) is 26.5. The number of amides is 1. The fourth-order valence-electron chi connectivity index (χ4n) is 3.39. The number of hydrogen-bond acceptors (Lipinski definition) is 5. The summed E-state index contributed by atoms with van der Waals surface area (Å²) >= 11 is 5.92. The molecular formula is C28H25ClN2O4. The third-order valence-corrected chi connectivity index (χ3v) is 5.54. The molecule has 1 amide bonds. The van der Waals surface area contributed by atoms with Crippen LogP contribution < -0.4 is 19.6 Å². The minimum Gasteiger partial charge on any atom is -0.493 e. The quantitative estimate of drug-likeness (QED) is 0.232. The van der Waals surface area contributed by atoms with Crippen molar-refractivity contribution in [3.05, 3.63) is 101 Å². The van der Waals surface area contributed by atoms with Gasteiger partial charge in [-0.05, 0) is 71.3 Å². The average molecular weight is 489 g/mol. The molecule has 0 aliphatic rings. The molecule has 0 aromatic heterocycles. The third kappa shape index (κ3) is 6.52. The summed E-state index contributed by atoms with van der Waals surface area (Å²) in [4.78, 5) is 12.4. The Morgan fingerprint density at radius 1 is 0.971 bits per heavy atom. The second-order valence-electron chi connectivity index (χ2n) is 7.83. The van der Waals surface area contributed by atoms with Crippen LogP contribution in [-0.4, -0.2) is 25.3 Å². The number of fused-ring (bicyclic) bond motifs is 1. The second kappa shape index (κ2) is 11.4. The molecule has 0 bridgehead atoms. The first-order valence-electron chi connectivity index (χ1n) is 11.1. The zero-order valence-electron chi connectivity index (χ0n) is 19.4. The van der Waals surface area contributed by atoms with Crippen molar-refractivity contribution < 1.29 is 19.0 Å². The number of ether oxygens (including phenoxy) is 3. The van der Waals surface area contributed by atoms with Crippen LogP contribution in [0.4, 0.5) is 0 Å². The molecule has 1 atom stereocenters. The molecule has 0 saturated heterocycles. The average Bonchev–Trinajstić information content (AvgIpc) is 2.88. The van der Waals surface area contributed by atoms with Crippen LogP contribution >= 0.6 is 11.6 Å². The van der Waals surface area contributed by atoms with Crippen molar-refractivity contribution in [2.45, 2.75) is 19.6 Å². The molecule has 1 unspecified atom stereocenters. The van der Waals surface area contributed by atoms with Crippen LogP contribution in [0.2, 0.25) is 5.02 Å². The van der Waals surface area contributed by atoms with Gasteiger partial charge in [-0.3, -0.25) is 4.79 Å². The zero-order valence-corrected chi connectivity index (χ0v) is 20.2. The number of methoxy groups -OCH3 is 1. The Morgan fingerprint density at radius 3 is 2.51 bits per heavy atom. The van der Waals surface area contributed by atoms with Gasteiger partial charge >= 0.3 is 0 Å². The van der Waals surface area contributed by atoms with Crippen LogP contribution in [0.25, 0.3) is 10.8 Å². The SMILES string of the molecule is COc1cc(/C=N/NC(=O)C(C)Oc2ccc3ccccc3c2)ccc1OCc1ccc(Cl)cc1. The Bertz CT molecular complexity index is 1340. The van der Waals surface area contributed by atoms with Gasteiger partial charge in [0.1, 0.15) is 12.4 Å². The minimum absolute atomic E-state index is 0.357. The topological polar surface area (TPSA) is 69.2 Å². The van der Waals surface area contributed by atoms with E-state index in [-0.39, 0.29) is 5.91 Å². The summed E-state index contributed by atoms with van der Waals surface area (Å²) < 4.78 is 17.1. The molecule has 0 radical (unpaired) electrons. The van der Waals surface area contributed by atoms with E-state index in [2.05, 4.69) is 10.5 Å². The smallest absolute Gasteiger partial charge is 0.280 e. The maximum Gasteiger partial charge on any atom is 0.280 e. The van der Waals surface area contributed by atoms with E-state index in [1.807, 2.05) is 72.8 Å². The van der Waals surface area contributed by atoms with Gasteiger partial charge in [0.2, 0.25) is 0 Å². The predicted octanol–water partition coefficient (Wildman–Crippen LogP) is 6.00. The Hall–Kier alpha value is -4.03. The molecule has 0 fully saturated rings. The highest BCUT2D eigenvalue weighted by molar-refractivity contribution is 6.30. The number of nitrogens with one attached hydrogen (secondary N) is 1. The molecule has 35 heavy (non-hydrogen) atoms. The lowest BCUT2D eigenvalue weighted by Gasteiger charge is -2.13. The Balaban J connectivity index is 1.32. The van der Waals surface area contributed by atoms with Crippen molar-refractivity contribution in [1.82, 2.24) is 5.43 Å². The van der Waals surface area contributed by atoms with Crippen molar-refractivity contribution >= 4 is 34.5 Å². The minimum atomic E-state index is -0.716. The highest BCUT2D eigenvalue weighted by atomic mass is 35.5. The summed E-state index contributed by atoms with van der Waals surface area (Å²) in [7, 11) is 1.57. The Kier molecular flexibility index (Phi) is 7.85. The van der Waals surface area contributed by atoms with Gasteiger partial charge in [-0.25, -0.2) is 5.43 Å². The van der Waals surface area contributed by atoms with Gasteiger partial charge in [-0.2, -0.15) is 5.10 Å². The van der Waals surface area contributed by atoms with Gasteiger partial charge < -0.3 is 14.2 Å². The van der Waals surface area contributed by atoms with E-state index < -0.39 is 6.10 Å². The fourth-order valence-corrected chi connectivity index (χ4v) is 3.51. The Morgan fingerprint density at radius 2 is 1.74 bits per heavy atom. The van der Waals surface area contributed by atoms with Gasteiger partial charge in [0.05, 0.1) is 13.3 Å². The third-order valence-electron chi connectivity index (χ3n) is 5.29. The van der Waals surface area contributed by atoms with Crippen LogP contribution in [0.3, 0.4) is 0 Å². The number of hydrazone groups is 1. The number of carbonyl (C=O) groups excluding carboxylic acids is 1. The Labute approximate surface area is 209 Å². The van der Waals surface area contributed by atoms with E-state index >= 15 is 0 Å². The standard InChI is InChI=1S/C28H25ClN2O4/c1-19(35-25-13-10-22-5-3-4-6-23(22)16-25)28(32)31-30-17-21-9-14-26(27(15-21)33-2)34-18-20-7-11-24(29)12-8-20/h3-17,19H,18H2,1-2H3,(H,31,32)/b30-17+. The number of rotatable bonds is 9. The zero-order chi connectivity index (χ0) is 24.6. The molecule has 1 N–H and O–H groups in total. The number of halogens is 1. The lowest BCUT2D eigenvalue weighted by atomic mass is 10.1. The van der Waals surface area contributed by atoms with E-state index in [1.54, 1.807) is 26.2 Å². The maximum atomic E-state index is 12.4. The number of nitrogens with zero attached hydrogens (tertiary/aromatic N) is 1. The summed E-state index contributed by atoms with van der Waals surface area (Å²) in [5.74, 6) is 1.42. The molecule has 6 nitrogen and oxygen atoms in total. The highest BCUT2D eigenvalue weighted by Gasteiger charge is 2.14. The van der Waals surface area contributed by atoms with Gasteiger partial charge in [-0.1, -0.05) is 54.1 Å². The van der Waals surface area contributed by atoms with Gasteiger partial charge in [-0.15, -0.1) is 0 Å². The molecule has 4 aromatic rings. The molecule has 0 spiro atoms. The largest absolute Gasteiger partial charge is 0.493 e. The summed E-state index contributed by atoms with van der Waals surface area (Å²) in [6.45, 7) is 2.06. The lowest BCUT2D eigenvalue weighted by molar-refractivity contribution is -0.127. The van der Waals surface area contributed by atoms with E-state index in [0.29, 0.717) is 28.9 Å². The molecule has 0 saturated carbocycles. The second-order valence-corrected chi connectivity index (χ2v) is 8.27. The molecular weight excluding hydrogens is 464 g/mol. The maximum absolute atomic E-state index is 12.4. The van der Waals surface area contributed by atoms with Crippen LogP contribution in [0.5, 0.6) is 17.2 Å². The summed E-state index contributed by atoms with van der Waals surface area (Å²) in [6.07, 6.45) is 0.818. The van der Waals surface area contributed by atoms with Crippen molar-refractivity contribution in [3.63, 3.8) is 0 Å². The first kappa shape index (κ1) is 24.1. The van der Waals surface area contributed by atoms with E-state index in [4.69, 9.17) is 25.8 Å². The molecule has 0 heterocycles. The fraction of sp³-hybridized carbons (Fsp3) is 0.143. The van der Waals surface area contributed by atoms with Crippen LogP contribution in [0, 0.1) is 0 Å². The molecule has 4 aromatic carbocycles. The molecule has 7 heteroatoms. The predicted molar refractivity (Wildman–Crippen MR) is 139 cm³/mol. The van der Waals surface area contributed by atoms with E-state index in [0.717, 1.165) is 21.9 Å². The van der Waals surface area contributed by atoms with Gasteiger partial charge in [0, 0.05) is 5.02 Å². The summed E-state index contributed by atoms with van der Waals surface area (Å²) in [5.41, 5.74) is 4.24. The van der Waals surface area contributed by atoms with Gasteiger partial charge in [0.15, 0.2) is 17.6 Å². The van der Waals surface area contributed by atoms with Crippen LogP contribution in [0.15, 0.2) is 90.0 Å². The molecule has 178 valence electrons. The van der Waals surface area contributed by atoms with Crippen LogP contribution in [-0.2, 0) is 11.4 Å². The molecule has 4 rings (SSSR count). The molecule has 0 aliphatic carbocycles. The normalized spacial score (nSPS) is 11.9. The van der Waals surface area contributed by atoms with Crippen molar-refractivity contribution in [2.24, 2.45) is 5.10 Å². The first-order chi connectivity index (χ1) is 17.0. The number of hydrogen-bond donors (Lipinski definition) is 1. The molecule has 0 aliphatic heterocycles. The van der Waals surface area contributed by atoms with Crippen molar-refractivity contribution in [2.75, 3.05) is 7.11 Å². The van der Waals surface area contributed by atoms with Crippen molar-refractivity contribution in [3.8, 4) is 17.2 Å². The first-order valence-corrected chi connectivity index (χ1v) is 11.4. The summed E-state index contributed by atoms with van der Waals surface area (Å²) in [5, 5.41) is 6.88.